The molecule has 0 unspecified atom stereocenters. The lowest BCUT2D eigenvalue weighted by Crippen LogP contribution is -2.38. The van der Waals surface area contributed by atoms with Crippen molar-refractivity contribution in [2.75, 3.05) is 26.2 Å². The van der Waals surface area contributed by atoms with Crippen LogP contribution in [0, 0.1) is 17.5 Å². The summed E-state index contributed by atoms with van der Waals surface area (Å²) < 4.78 is 42.4. The maximum absolute atomic E-state index is 13.2. The first-order valence-corrected chi connectivity index (χ1v) is 12.4. The SMILES string of the molecule is Cc1cccc(-c2n[nH]c(=S)n2CC(=O)N2CCCN(S(=O)(=O)c3ccc(F)cc3)CC2)c1. The van der Waals surface area contributed by atoms with Gasteiger partial charge in [0.2, 0.25) is 15.9 Å². The third kappa shape index (κ3) is 5.05. The second-order valence-corrected chi connectivity index (χ2v) is 10.2. The molecule has 0 saturated carbocycles. The standard InChI is InChI=1S/C22H24FN5O3S2/c1-16-4-2-5-17(14-16)21-24-25-22(32)28(21)15-20(29)26-10-3-11-27(13-12-26)33(30,31)19-8-6-18(23)7-9-19/h2,4-9,14H,3,10-13,15H2,1H3,(H,25,32). The van der Waals surface area contributed by atoms with Crippen molar-refractivity contribution < 1.29 is 17.6 Å². The molecule has 2 heterocycles. The van der Waals surface area contributed by atoms with Crippen molar-refractivity contribution in [3.63, 3.8) is 0 Å². The molecule has 1 aromatic heterocycles. The molecule has 0 atom stereocenters. The number of amides is 1. The molecule has 0 radical (unpaired) electrons. The minimum Gasteiger partial charge on any atom is -0.340 e. The Balaban J connectivity index is 1.48. The van der Waals surface area contributed by atoms with Gasteiger partial charge >= 0.3 is 0 Å². The molecule has 4 rings (SSSR count). The summed E-state index contributed by atoms with van der Waals surface area (Å²) >= 11 is 5.34. The summed E-state index contributed by atoms with van der Waals surface area (Å²) in [6, 6.07) is 12.5. The minimum absolute atomic E-state index is 0.00329. The van der Waals surface area contributed by atoms with Gasteiger partial charge in [-0.25, -0.2) is 12.8 Å². The Morgan fingerprint density at radius 1 is 1.12 bits per heavy atom. The van der Waals surface area contributed by atoms with E-state index in [1.165, 1.54) is 16.4 Å². The number of benzene rings is 2. The largest absolute Gasteiger partial charge is 0.340 e. The molecule has 8 nitrogen and oxygen atoms in total. The van der Waals surface area contributed by atoms with Crippen molar-refractivity contribution in [3.8, 4) is 11.4 Å². The van der Waals surface area contributed by atoms with Crippen LogP contribution in [0.15, 0.2) is 53.4 Å². The lowest BCUT2D eigenvalue weighted by Gasteiger charge is -2.22. The molecule has 1 N–H and O–H groups in total. The van der Waals surface area contributed by atoms with Crippen molar-refractivity contribution in [2.45, 2.75) is 24.8 Å². The zero-order chi connectivity index (χ0) is 23.6. The highest BCUT2D eigenvalue weighted by molar-refractivity contribution is 7.89. The van der Waals surface area contributed by atoms with Gasteiger partial charge in [0, 0.05) is 31.7 Å². The predicted octanol–water partition coefficient (Wildman–Crippen LogP) is 2.98. The lowest BCUT2D eigenvalue weighted by molar-refractivity contribution is -0.131. The van der Waals surface area contributed by atoms with Crippen LogP contribution >= 0.6 is 12.2 Å². The van der Waals surface area contributed by atoms with Crippen molar-refractivity contribution in [3.05, 3.63) is 64.7 Å². The summed E-state index contributed by atoms with van der Waals surface area (Å²) in [7, 11) is -3.76. The third-order valence-electron chi connectivity index (χ3n) is 5.59. The van der Waals surface area contributed by atoms with E-state index in [9.17, 15) is 17.6 Å². The molecule has 0 spiro atoms. The highest BCUT2D eigenvalue weighted by atomic mass is 32.2. The van der Waals surface area contributed by atoms with E-state index in [4.69, 9.17) is 12.2 Å². The maximum atomic E-state index is 13.2. The molecule has 1 fully saturated rings. The predicted molar refractivity (Wildman–Crippen MR) is 124 cm³/mol. The third-order valence-corrected chi connectivity index (χ3v) is 7.81. The summed E-state index contributed by atoms with van der Waals surface area (Å²) in [6.07, 6.45) is 0.494. The van der Waals surface area contributed by atoms with Gasteiger partial charge in [0.1, 0.15) is 12.4 Å². The maximum Gasteiger partial charge on any atom is 0.243 e. The van der Waals surface area contributed by atoms with Crippen molar-refractivity contribution in [1.82, 2.24) is 24.0 Å². The van der Waals surface area contributed by atoms with Crippen molar-refractivity contribution in [1.29, 1.82) is 0 Å². The van der Waals surface area contributed by atoms with Crippen LogP contribution in [0.5, 0.6) is 0 Å². The highest BCUT2D eigenvalue weighted by Gasteiger charge is 2.28. The Kier molecular flexibility index (Phi) is 6.73. The van der Waals surface area contributed by atoms with Crippen LogP contribution in [0.25, 0.3) is 11.4 Å². The van der Waals surface area contributed by atoms with Gasteiger partial charge in [-0.2, -0.15) is 9.40 Å². The molecule has 174 valence electrons. The molecule has 0 bridgehead atoms. The van der Waals surface area contributed by atoms with E-state index in [-0.39, 0.29) is 37.0 Å². The van der Waals surface area contributed by atoms with E-state index in [0.29, 0.717) is 23.6 Å². The Labute approximate surface area is 196 Å². The molecular formula is C22H24FN5O3S2. The van der Waals surface area contributed by atoms with Crippen LogP contribution in [0.1, 0.15) is 12.0 Å². The van der Waals surface area contributed by atoms with E-state index in [1.54, 1.807) is 9.47 Å². The monoisotopic (exact) mass is 489 g/mol. The Hall–Kier alpha value is -2.89. The average molecular weight is 490 g/mol. The first kappa shape index (κ1) is 23.3. The van der Waals surface area contributed by atoms with Crippen LogP contribution in [-0.4, -0.2) is 64.5 Å². The first-order valence-electron chi connectivity index (χ1n) is 10.5. The molecule has 0 aliphatic carbocycles. The van der Waals surface area contributed by atoms with E-state index in [2.05, 4.69) is 10.2 Å². The van der Waals surface area contributed by atoms with Gasteiger partial charge in [0.25, 0.3) is 0 Å². The van der Waals surface area contributed by atoms with Crippen LogP contribution in [-0.2, 0) is 21.4 Å². The smallest absolute Gasteiger partial charge is 0.243 e. The van der Waals surface area contributed by atoms with Gasteiger partial charge in [-0.3, -0.25) is 14.5 Å². The number of hydrogen-bond donors (Lipinski definition) is 1. The topological polar surface area (TPSA) is 91.3 Å². The highest BCUT2D eigenvalue weighted by Crippen LogP contribution is 2.20. The van der Waals surface area contributed by atoms with Gasteiger partial charge in [0.15, 0.2) is 10.6 Å². The quantitative estimate of drug-likeness (QED) is 0.557. The van der Waals surface area contributed by atoms with Gasteiger partial charge in [-0.1, -0.05) is 23.8 Å². The Morgan fingerprint density at radius 2 is 1.88 bits per heavy atom. The lowest BCUT2D eigenvalue weighted by atomic mass is 10.1. The number of nitrogens with one attached hydrogen (secondary N) is 1. The average Bonchev–Trinajstić information content (AvgIpc) is 2.99. The molecular weight excluding hydrogens is 465 g/mol. The fraction of sp³-hybridized carbons (Fsp3) is 0.318. The Morgan fingerprint density at radius 3 is 2.61 bits per heavy atom. The number of aromatic amines is 1. The van der Waals surface area contributed by atoms with Crippen molar-refractivity contribution >= 4 is 28.1 Å². The summed E-state index contributed by atoms with van der Waals surface area (Å²) in [6.45, 7) is 3.10. The number of carbonyl (C=O) groups excluding carboxylic acids is 1. The Bertz CT molecular complexity index is 1320. The van der Waals surface area contributed by atoms with Crippen LogP contribution in [0.2, 0.25) is 0 Å². The number of carbonyl (C=O) groups is 1. The summed E-state index contributed by atoms with van der Waals surface area (Å²) in [4.78, 5) is 14.8. The number of hydrogen-bond acceptors (Lipinski definition) is 5. The molecule has 1 aliphatic rings. The van der Waals surface area contributed by atoms with Crippen molar-refractivity contribution in [2.24, 2.45) is 0 Å². The first-order chi connectivity index (χ1) is 15.8. The van der Waals surface area contributed by atoms with Crippen LogP contribution in [0.4, 0.5) is 4.39 Å². The summed E-state index contributed by atoms with van der Waals surface area (Å²) in [5.74, 6) is -0.0840. The molecule has 1 saturated heterocycles. The number of aromatic nitrogens is 3. The van der Waals surface area contributed by atoms with E-state index in [1.807, 2.05) is 31.2 Å². The molecule has 33 heavy (non-hydrogen) atoms. The molecule has 3 aromatic rings. The molecule has 1 amide bonds. The number of H-pyrrole nitrogens is 1. The van der Waals surface area contributed by atoms with E-state index < -0.39 is 15.8 Å². The van der Waals surface area contributed by atoms with Gasteiger partial charge in [-0.05, 0) is 55.9 Å². The normalized spacial score (nSPS) is 15.4. The molecule has 1 aliphatic heterocycles. The summed E-state index contributed by atoms with van der Waals surface area (Å²) in [5, 5.41) is 7.04. The number of halogens is 1. The zero-order valence-electron chi connectivity index (χ0n) is 18.1. The van der Waals surface area contributed by atoms with Crippen LogP contribution in [0.3, 0.4) is 0 Å². The fourth-order valence-electron chi connectivity index (χ4n) is 3.84. The number of sulfonamides is 1. The molecule has 11 heteroatoms. The minimum atomic E-state index is -3.76. The summed E-state index contributed by atoms with van der Waals surface area (Å²) in [5.41, 5.74) is 1.91. The van der Waals surface area contributed by atoms with Crippen LogP contribution < -0.4 is 0 Å². The second kappa shape index (κ2) is 9.54. The zero-order valence-corrected chi connectivity index (χ0v) is 19.7. The number of nitrogens with zero attached hydrogens (tertiary/aromatic N) is 4. The van der Waals surface area contributed by atoms with E-state index >= 15 is 0 Å². The fourth-order valence-corrected chi connectivity index (χ4v) is 5.51. The van der Waals surface area contributed by atoms with Gasteiger partial charge in [-0.15, -0.1) is 0 Å². The van der Waals surface area contributed by atoms with Gasteiger partial charge in [0.05, 0.1) is 4.90 Å². The number of aryl methyl sites for hydroxylation is 1. The second-order valence-electron chi connectivity index (χ2n) is 7.90. The molecule has 2 aromatic carbocycles. The van der Waals surface area contributed by atoms with E-state index in [0.717, 1.165) is 23.3 Å². The number of rotatable bonds is 5. The van der Waals surface area contributed by atoms with Gasteiger partial charge < -0.3 is 4.90 Å².